The SMILES string of the molecule is O=C(O)c1cnn(-c2ccc3ccccc3n2)c1C(F)(F)F. The number of benzene rings is 1. The van der Waals surface area contributed by atoms with E-state index in [0.29, 0.717) is 16.4 Å². The lowest BCUT2D eigenvalue weighted by Gasteiger charge is -2.11. The summed E-state index contributed by atoms with van der Waals surface area (Å²) in [5.41, 5.74) is -1.79. The van der Waals surface area contributed by atoms with Gasteiger partial charge in [0.2, 0.25) is 0 Å². The first kappa shape index (κ1) is 14.1. The van der Waals surface area contributed by atoms with E-state index in [1.807, 2.05) is 0 Å². The second-order valence-electron chi connectivity index (χ2n) is 4.48. The summed E-state index contributed by atoms with van der Waals surface area (Å²) >= 11 is 0. The molecule has 0 bridgehead atoms. The van der Waals surface area contributed by atoms with Crippen LogP contribution in [0.2, 0.25) is 0 Å². The van der Waals surface area contributed by atoms with Crippen LogP contribution in [0.15, 0.2) is 42.6 Å². The van der Waals surface area contributed by atoms with E-state index in [0.717, 1.165) is 5.39 Å². The Hall–Kier alpha value is -2.90. The molecule has 2 aromatic heterocycles. The van der Waals surface area contributed by atoms with Crippen LogP contribution in [0.5, 0.6) is 0 Å². The molecule has 0 aliphatic heterocycles. The molecule has 0 radical (unpaired) electrons. The first-order chi connectivity index (χ1) is 10.4. The summed E-state index contributed by atoms with van der Waals surface area (Å²) < 4.78 is 39.9. The Labute approximate surface area is 121 Å². The van der Waals surface area contributed by atoms with Crippen molar-refractivity contribution in [1.29, 1.82) is 0 Å². The Morgan fingerprint density at radius 3 is 2.55 bits per heavy atom. The van der Waals surface area contributed by atoms with Gasteiger partial charge in [-0.3, -0.25) is 0 Å². The number of nitrogens with zero attached hydrogens (tertiary/aromatic N) is 3. The molecule has 112 valence electrons. The van der Waals surface area contributed by atoms with Gasteiger partial charge in [-0.1, -0.05) is 18.2 Å². The summed E-state index contributed by atoms with van der Waals surface area (Å²) in [6.45, 7) is 0. The average molecular weight is 307 g/mol. The molecule has 0 saturated heterocycles. The number of para-hydroxylation sites is 1. The van der Waals surface area contributed by atoms with Gasteiger partial charge >= 0.3 is 12.1 Å². The Bertz CT molecular complexity index is 871. The number of halogens is 3. The molecule has 0 atom stereocenters. The van der Waals surface area contributed by atoms with Crippen molar-refractivity contribution in [3.63, 3.8) is 0 Å². The number of fused-ring (bicyclic) bond motifs is 1. The molecule has 8 heteroatoms. The van der Waals surface area contributed by atoms with Crippen molar-refractivity contribution in [2.24, 2.45) is 0 Å². The maximum Gasteiger partial charge on any atom is 0.434 e. The van der Waals surface area contributed by atoms with Crippen molar-refractivity contribution < 1.29 is 23.1 Å². The first-order valence-corrected chi connectivity index (χ1v) is 6.12. The van der Waals surface area contributed by atoms with Gasteiger partial charge in [-0.2, -0.15) is 18.3 Å². The molecule has 0 spiro atoms. The summed E-state index contributed by atoms with van der Waals surface area (Å²) in [6.07, 6.45) is -4.19. The minimum Gasteiger partial charge on any atom is -0.478 e. The van der Waals surface area contributed by atoms with Gasteiger partial charge in [0, 0.05) is 5.39 Å². The third-order valence-electron chi connectivity index (χ3n) is 3.07. The average Bonchev–Trinajstić information content (AvgIpc) is 2.92. The second kappa shape index (κ2) is 4.83. The normalized spacial score (nSPS) is 11.8. The van der Waals surface area contributed by atoms with E-state index in [1.165, 1.54) is 6.07 Å². The highest BCUT2D eigenvalue weighted by molar-refractivity contribution is 5.89. The van der Waals surface area contributed by atoms with Gasteiger partial charge in [0.15, 0.2) is 11.5 Å². The minimum atomic E-state index is -4.86. The molecule has 22 heavy (non-hydrogen) atoms. The van der Waals surface area contributed by atoms with E-state index in [1.54, 1.807) is 30.3 Å². The maximum absolute atomic E-state index is 13.2. The summed E-state index contributed by atoms with van der Waals surface area (Å²) in [5, 5.41) is 13.2. The number of aromatic nitrogens is 3. The van der Waals surface area contributed by atoms with Crippen molar-refractivity contribution in [2.75, 3.05) is 0 Å². The van der Waals surface area contributed by atoms with Gasteiger partial charge in [0.05, 0.1) is 11.7 Å². The number of aromatic carboxylic acids is 1. The fraction of sp³-hybridized carbons (Fsp3) is 0.0714. The van der Waals surface area contributed by atoms with Crippen LogP contribution in [0.1, 0.15) is 16.1 Å². The monoisotopic (exact) mass is 307 g/mol. The van der Waals surface area contributed by atoms with Gasteiger partial charge in [-0.25, -0.2) is 14.5 Å². The van der Waals surface area contributed by atoms with E-state index in [2.05, 4.69) is 10.1 Å². The van der Waals surface area contributed by atoms with Crippen LogP contribution < -0.4 is 0 Å². The topological polar surface area (TPSA) is 68.0 Å². The number of alkyl halides is 3. The highest BCUT2D eigenvalue weighted by Gasteiger charge is 2.40. The highest BCUT2D eigenvalue weighted by Crippen LogP contribution is 2.33. The Morgan fingerprint density at radius 2 is 1.86 bits per heavy atom. The largest absolute Gasteiger partial charge is 0.478 e. The van der Waals surface area contributed by atoms with Gasteiger partial charge in [-0.15, -0.1) is 0 Å². The predicted molar refractivity (Wildman–Crippen MR) is 70.8 cm³/mol. The number of hydrogen-bond donors (Lipinski definition) is 1. The van der Waals surface area contributed by atoms with Crippen LogP contribution in [-0.4, -0.2) is 25.8 Å². The van der Waals surface area contributed by atoms with Crippen molar-refractivity contribution in [2.45, 2.75) is 6.18 Å². The lowest BCUT2D eigenvalue weighted by Crippen LogP contribution is -2.18. The molecule has 0 saturated carbocycles. The third kappa shape index (κ3) is 2.28. The number of rotatable bonds is 2. The van der Waals surface area contributed by atoms with Gasteiger partial charge in [0.25, 0.3) is 0 Å². The molecule has 2 heterocycles. The van der Waals surface area contributed by atoms with Crippen LogP contribution in [0.3, 0.4) is 0 Å². The van der Waals surface area contributed by atoms with Crippen LogP contribution in [0, 0.1) is 0 Å². The number of pyridine rings is 1. The summed E-state index contributed by atoms with van der Waals surface area (Å²) in [6, 6.07) is 9.85. The summed E-state index contributed by atoms with van der Waals surface area (Å²) in [7, 11) is 0. The zero-order valence-electron chi connectivity index (χ0n) is 10.9. The van der Waals surface area contributed by atoms with E-state index >= 15 is 0 Å². The smallest absolute Gasteiger partial charge is 0.434 e. The van der Waals surface area contributed by atoms with Crippen molar-refractivity contribution in [3.8, 4) is 5.82 Å². The number of carboxylic acids is 1. The molecule has 0 aliphatic carbocycles. The zero-order valence-corrected chi connectivity index (χ0v) is 10.9. The number of carboxylic acid groups (broad SMARTS) is 1. The Kier molecular flexibility index (Phi) is 3.09. The molecule has 0 fully saturated rings. The standard InChI is InChI=1S/C14H8F3N3O2/c15-14(16,17)12-9(13(21)22)7-18-20(12)11-6-5-8-3-1-2-4-10(8)19-11/h1-7H,(H,21,22). The first-order valence-electron chi connectivity index (χ1n) is 6.12. The van der Waals surface area contributed by atoms with Gasteiger partial charge < -0.3 is 5.11 Å². The summed E-state index contributed by atoms with van der Waals surface area (Å²) in [4.78, 5) is 15.1. The maximum atomic E-state index is 13.2. The number of carbonyl (C=O) groups is 1. The van der Waals surface area contributed by atoms with Crippen LogP contribution in [0.25, 0.3) is 16.7 Å². The molecule has 3 aromatic rings. The third-order valence-corrected chi connectivity index (χ3v) is 3.07. The quantitative estimate of drug-likeness (QED) is 0.789. The Balaban J connectivity index is 2.24. The zero-order chi connectivity index (χ0) is 15.9. The van der Waals surface area contributed by atoms with E-state index in [9.17, 15) is 18.0 Å². The molecular formula is C14H8F3N3O2. The second-order valence-corrected chi connectivity index (χ2v) is 4.48. The van der Waals surface area contributed by atoms with Crippen LogP contribution in [-0.2, 0) is 6.18 Å². The van der Waals surface area contributed by atoms with E-state index in [-0.39, 0.29) is 5.82 Å². The molecule has 1 N–H and O–H groups in total. The molecule has 0 aliphatic rings. The van der Waals surface area contributed by atoms with Crippen LogP contribution in [0.4, 0.5) is 13.2 Å². The Morgan fingerprint density at radius 1 is 1.14 bits per heavy atom. The lowest BCUT2D eigenvalue weighted by atomic mass is 10.2. The minimum absolute atomic E-state index is 0.0986. The fourth-order valence-corrected chi connectivity index (χ4v) is 2.12. The molecule has 5 nitrogen and oxygen atoms in total. The van der Waals surface area contributed by atoms with Gasteiger partial charge in [0.1, 0.15) is 5.56 Å². The van der Waals surface area contributed by atoms with E-state index < -0.39 is 23.4 Å². The van der Waals surface area contributed by atoms with E-state index in [4.69, 9.17) is 5.11 Å². The van der Waals surface area contributed by atoms with Crippen molar-refractivity contribution >= 4 is 16.9 Å². The van der Waals surface area contributed by atoms with Gasteiger partial charge in [-0.05, 0) is 18.2 Å². The molecule has 3 rings (SSSR count). The molecule has 1 aromatic carbocycles. The molecule has 0 amide bonds. The highest BCUT2D eigenvalue weighted by atomic mass is 19.4. The van der Waals surface area contributed by atoms with Crippen molar-refractivity contribution in [1.82, 2.24) is 14.8 Å². The lowest BCUT2D eigenvalue weighted by molar-refractivity contribution is -0.143. The predicted octanol–water partition coefficient (Wildman–Crippen LogP) is 3.14. The van der Waals surface area contributed by atoms with Crippen LogP contribution >= 0.6 is 0 Å². The fourth-order valence-electron chi connectivity index (χ4n) is 2.12. The molecule has 0 unspecified atom stereocenters. The van der Waals surface area contributed by atoms with Crippen molar-refractivity contribution in [3.05, 3.63) is 53.9 Å². The number of hydrogen-bond acceptors (Lipinski definition) is 3. The summed E-state index contributed by atoms with van der Waals surface area (Å²) in [5.74, 6) is -1.79. The molecular weight excluding hydrogens is 299 g/mol.